The number of hydrogen-bond acceptors (Lipinski definition) is 7. The molecule has 2 aliphatic rings. The molecule has 0 saturated carbocycles. The first-order valence-corrected chi connectivity index (χ1v) is 16.0. The minimum atomic E-state index is -1.25. The standard InChI is InChI=1S/C34H54O8.Na/c1-9-25(31-21(6)18-34(11-3,42-31)26-16-17-33(40,10-2)23(8)41-26)30(37)22(7)28(35)19(4)12-14-24-15-13-20(5)29(36)27(24)32(38)39;/h13,15,19,21-23,25-26,28,31,35-36,40H,9-12,14,16-18H2,1-8H3,(H,38,39);/q;+1/p-1/t19-,21+,22+,23+,25+,26-,28+,31+,33-,34+;/m0./s1. The Morgan fingerprint density at radius 2 is 1.79 bits per heavy atom. The molecule has 10 atom stereocenters. The van der Waals surface area contributed by atoms with Crippen LogP contribution >= 0.6 is 0 Å². The van der Waals surface area contributed by atoms with Gasteiger partial charge in [0.15, 0.2) is 0 Å². The van der Waals surface area contributed by atoms with E-state index in [1.54, 1.807) is 26.0 Å². The van der Waals surface area contributed by atoms with Gasteiger partial charge in [-0.15, -0.1) is 0 Å². The quantitative estimate of drug-likeness (QED) is 0.289. The zero-order valence-electron chi connectivity index (χ0n) is 27.8. The first-order chi connectivity index (χ1) is 19.7. The summed E-state index contributed by atoms with van der Waals surface area (Å²) in [6.45, 7) is 15.3. The smallest absolute Gasteiger partial charge is 0.872 e. The predicted octanol–water partition coefficient (Wildman–Crippen LogP) is 2.21. The van der Waals surface area contributed by atoms with Crippen molar-refractivity contribution in [2.24, 2.45) is 23.7 Å². The third kappa shape index (κ3) is 7.87. The maximum atomic E-state index is 13.9. The Bertz CT molecular complexity index is 1110. The van der Waals surface area contributed by atoms with Gasteiger partial charge in [-0.05, 0) is 82.6 Å². The van der Waals surface area contributed by atoms with Gasteiger partial charge >= 0.3 is 35.5 Å². The number of rotatable bonds is 13. The second kappa shape index (κ2) is 15.5. The van der Waals surface area contributed by atoms with Crippen LogP contribution in [0.4, 0.5) is 0 Å². The Morgan fingerprint density at radius 3 is 2.33 bits per heavy atom. The van der Waals surface area contributed by atoms with E-state index < -0.39 is 34.9 Å². The van der Waals surface area contributed by atoms with Crippen LogP contribution in [0.5, 0.6) is 5.75 Å². The topological polar surface area (TPSA) is 136 Å². The van der Waals surface area contributed by atoms with Crippen LogP contribution in [0.2, 0.25) is 0 Å². The fourth-order valence-corrected chi connectivity index (χ4v) is 7.43. The van der Waals surface area contributed by atoms with E-state index in [9.17, 15) is 30.0 Å². The van der Waals surface area contributed by atoms with Crippen molar-refractivity contribution in [2.45, 2.75) is 142 Å². The monoisotopic (exact) mass is 612 g/mol. The molecule has 43 heavy (non-hydrogen) atoms. The van der Waals surface area contributed by atoms with E-state index in [1.165, 1.54) is 0 Å². The zero-order valence-corrected chi connectivity index (χ0v) is 29.8. The molecular formula is C34H53NaO8. The summed E-state index contributed by atoms with van der Waals surface area (Å²) in [6.07, 6.45) is 3.21. The Morgan fingerprint density at radius 1 is 1.14 bits per heavy atom. The Balaban J connectivity index is 0.00000645. The van der Waals surface area contributed by atoms with Crippen LogP contribution in [0, 0.1) is 30.6 Å². The summed E-state index contributed by atoms with van der Waals surface area (Å²) in [5, 5.41) is 44.1. The van der Waals surface area contributed by atoms with E-state index in [0.29, 0.717) is 49.7 Å². The maximum Gasteiger partial charge on any atom is 1.00 e. The fraction of sp³-hybridized carbons (Fsp3) is 0.765. The summed E-state index contributed by atoms with van der Waals surface area (Å²) in [5.74, 6) is -2.92. The van der Waals surface area contributed by atoms with Gasteiger partial charge in [0.2, 0.25) is 0 Å². The number of carboxylic acid groups (broad SMARTS) is 1. The van der Waals surface area contributed by atoms with Crippen molar-refractivity contribution in [3.05, 3.63) is 28.8 Å². The number of carbonyl (C=O) groups is 2. The summed E-state index contributed by atoms with van der Waals surface area (Å²) in [4.78, 5) is 25.6. The number of aromatic carboxylic acids is 1. The van der Waals surface area contributed by atoms with Crippen molar-refractivity contribution >= 4 is 11.8 Å². The summed E-state index contributed by atoms with van der Waals surface area (Å²) in [6, 6.07) is 3.30. The van der Waals surface area contributed by atoms with E-state index >= 15 is 0 Å². The van der Waals surface area contributed by atoms with E-state index in [1.807, 2.05) is 27.7 Å². The minimum Gasteiger partial charge on any atom is -0.872 e. The van der Waals surface area contributed by atoms with E-state index in [4.69, 9.17) is 9.47 Å². The number of hydrogen-bond donors (Lipinski definition) is 3. The first-order valence-electron chi connectivity index (χ1n) is 16.0. The predicted molar refractivity (Wildman–Crippen MR) is 160 cm³/mol. The van der Waals surface area contributed by atoms with Crippen LogP contribution in [0.25, 0.3) is 0 Å². The molecule has 9 heteroatoms. The molecule has 3 rings (SSSR count). The third-order valence-electron chi connectivity index (χ3n) is 10.6. The number of aliphatic hydroxyl groups is 2. The van der Waals surface area contributed by atoms with Crippen LogP contribution < -0.4 is 34.7 Å². The second-order valence-electron chi connectivity index (χ2n) is 13.2. The molecule has 0 bridgehead atoms. The number of aliphatic hydroxyl groups excluding tert-OH is 1. The molecule has 8 nitrogen and oxygen atoms in total. The number of carbonyl (C=O) groups excluding carboxylic acids is 1. The Labute approximate surface area is 280 Å². The molecule has 0 spiro atoms. The SMILES string of the molecule is CC[C@H](C(=O)[C@H](C)[C@H](O)[C@@H](C)CCc1ccc(C)c([O-])c1C(=O)O)[C@@H]1O[C@@](CC)([C@@H]2CC[C@@](O)(CC)[C@@H](C)O2)C[C@H]1C.[Na+]. The van der Waals surface area contributed by atoms with Crippen molar-refractivity contribution < 1.29 is 69.0 Å². The number of aryl methyl sites for hydroxylation is 2. The Hall–Kier alpha value is -1.00. The molecule has 0 unspecified atom stereocenters. The number of Topliss-reactive ketones (excluding diaryl/α,β-unsaturated/α-hetero) is 1. The van der Waals surface area contributed by atoms with Crippen LogP contribution in [-0.2, 0) is 20.7 Å². The largest absolute Gasteiger partial charge is 1.00 e. The minimum absolute atomic E-state index is 0. The van der Waals surface area contributed by atoms with Crippen LogP contribution in [0.1, 0.15) is 115 Å². The number of ketones is 1. The van der Waals surface area contributed by atoms with E-state index in [0.717, 1.165) is 12.8 Å². The van der Waals surface area contributed by atoms with Gasteiger partial charge in [-0.1, -0.05) is 65.0 Å². The third-order valence-corrected chi connectivity index (χ3v) is 10.6. The molecule has 3 N–H and O–H groups in total. The molecule has 0 radical (unpaired) electrons. The molecule has 0 aliphatic carbocycles. The average molecular weight is 613 g/mol. The van der Waals surface area contributed by atoms with Crippen LogP contribution in [0.15, 0.2) is 12.1 Å². The zero-order chi connectivity index (χ0) is 31.6. The molecule has 0 amide bonds. The van der Waals surface area contributed by atoms with Crippen molar-refractivity contribution in [2.75, 3.05) is 0 Å². The molecule has 238 valence electrons. The molecule has 2 saturated heterocycles. The van der Waals surface area contributed by atoms with Crippen LogP contribution in [0.3, 0.4) is 0 Å². The fourth-order valence-electron chi connectivity index (χ4n) is 7.43. The summed E-state index contributed by atoms with van der Waals surface area (Å²) in [7, 11) is 0. The average Bonchev–Trinajstić information content (AvgIpc) is 3.31. The number of carboxylic acids is 1. The summed E-state index contributed by atoms with van der Waals surface area (Å²) in [5.41, 5.74) is -0.730. The van der Waals surface area contributed by atoms with Gasteiger partial charge in [0.1, 0.15) is 5.78 Å². The van der Waals surface area contributed by atoms with Gasteiger partial charge in [0, 0.05) is 11.8 Å². The maximum absolute atomic E-state index is 13.9. The number of ether oxygens (including phenoxy) is 2. The number of benzene rings is 1. The normalized spacial score (nSPS) is 32.0. The molecule has 2 heterocycles. The van der Waals surface area contributed by atoms with Gasteiger partial charge in [-0.3, -0.25) is 4.79 Å². The summed E-state index contributed by atoms with van der Waals surface area (Å²) >= 11 is 0. The van der Waals surface area contributed by atoms with E-state index in [2.05, 4.69) is 13.8 Å². The summed E-state index contributed by atoms with van der Waals surface area (Å²) < 4.78 is 13.2. The molecule has 2 aliphatic heterocycles. The van der Waals surface area contributed by atoms with Crippen molar-refractivity contribution in [1.29, 1.82) is 0 Å². The molecule has 0 aromatic heterocycles. The van der Waals surface area contributed by atoms with Gasteiger partial charge < -0.3 is 29.9 Å². The molecular weight excluding hydrogens is 559 g/mol. The van der Waals surface area contributed by atoms with Gasteiger partial charge in [-0.25, -0.2) is 4.79 Å². The molecule has 1 aromatic rings. The Kier molecular flexibility index (Phi) is 13.8. The second-order valence-corrected chi connectivity index (χ2v) is 13.2. The van der Waals surface area contributed by atoms with Crippen molar-refractivity contribution in [3.63, 3.8) is 0 Å². The van der Waals surface area contributed by atoms with E-state index in [-0.39, 0.29) is 77.0 Å². The molecule has 1 aromatic carbocycles. The van der Waals surface area contributed by atoms with Crippen molar-refractivity contribution in [1.82, 2.24) is 0 Å². The van der Waals surface area contributed by atoms with Crippen molar-refractivity contribution in [3.8, 4) is 5.75 Å². The van der Waals surface area contributed by atoms with Crippen LogP contribution in [-0.4, -0.2) is 62.7 Å². The molecule has 2 fully saturated rings. The van der Waals surface area contributed by atoms with Gasteiger partial charge in [0.05, 0.1) is 41.2 Å². The van der Waals surface area contributed by atoms with Gasteiger partial charge in [0.25, 0.3) is 0 Å². The first kappa shape index (κ1) is 38.2. The van der Waals surface area contributed by atoms with Gasteiger partial charge in [-0.2, -0.15) is 0 Å².